The van der Waals surface area contributed by atoms with E-state index in [9.17, 15) is 35.5 Å². The van der Waals surface area contributed by atoms with Gasteiger partial charge >= 0.3 is 6.18 Å². The fourth-order valence-electron chi connectivity index (χ4n) is 2.89. The molecule has 25 heavy (non-hydrogen) atoms. The zero-order chi connectivity index (χ0) is 18.4. The van der Waals surface area contributed by atoms with E-state index in [1.807, 2.05) is 0 Å². The van der Waals surface area contributed by atoms with Crippen LogP contribution in [0.4, 0.5) is 30.7 Å². The number of nitrogens with two attached hydrogens (primary N) is 1. The number of benzene rings is 1. The molecule has 1 aliphatic heterocycles. The van der Waals surface area contributed by atoms with Crippen molar-refractivity contribution in [1.82, 2.24) is 4.90 Å². The van der Waals surface area contributed by atoms with Gasteiger partial charge in [-0.05, 0) is 13.3 Å². The van der Waals surface area contributed by atoms with Crippen molar-refractivity contribution in [3.63, 3.8) is 0 Å². The van der Waals surface area contributed by atoms with E-state index in [2.05, 4.69) is 0 Å². The van der Waals surface area contributed by atoms with Crippen molar-refractivity contribution in [1.29, 1.82) is 0 Å². The largest absolute Gasteiger partial charge is 0.406 e. The van der Waals surface area contributed by atoms with Crippen LogP contribution in [0.5, 0.6) is 0 Å². The Kier molecular flexibility index (Phi) is 6.33. The summed E-state index contributed by atoms with van der Waals surface area (Å²) in [6, 6.07) is -2.83. The fourth-order valence-corrected chi connectivity index (χ4v) is 2.89. The molecule has 0 spiro atoms. The molecule has 3 nitrogen and oxygen atoms in total. The van der Waals surface area contributed by atoms with Gasteiger partial charge in [0.2, 0.25) is 5.91 Å². The Hall–Kier alpha value is -1.55. The molecule has 1 aliphatic rings. The topological polar surface area (TPSA) is 46.3 Å². The summed E-state index contributed by atoms with van der Waals surface area (Å²) in [5.74, 6) is -9.24. The maximum absolute atomic E-state index is 13.9. The molecule has 3 atom stereocenters. The third kappa shape index (κ3) is 4.17. The second kappa shape index (κ2) is 7.36. The third-order valence-corrected chi connectivity index (χ3v) is 4.05. The predicted molar refractivity (Wildman–Crippen MR) is 76.1 cm³/mol. The molecule has 0 saturated carbocycles. The van der Waals surface area contributed by atoms with E-state index in [0.29, 0.717) is 4.90 Å². The maximum Gasteiger partial charge on any atom is 0.406 e. The van der Waals surface area contributed by atoms with Gasteiger partial charge in [-0.3, -0.25) is 4.79 Å². The first-order chi connectivity index (χ1) is 10.9. The lowest BCUT2D eigenvalue weighted by molar-refractivity contribution is -0.170. The third-order valence-electron chi connectivity index (χ3n) is 4.05. The van der Waals surface area contributed by atoms with Crippen molar-refractivity contribution in [3.8, 4) is 0 Å². The molecule has 2 N–H and O–H groups in total. The van der Waals surface area contributed by atoms with E-state index in [4.69, 9.17) is 5.73 Å². The van der Waals surface area contributed by atoms with Crippen molar-refractivity contribution < 1.29 is 35.5 Å². The highest BCUT2D eigenvalue weighted by atomic mass is 35.5. The summed E-state index contributed by atoms with van der Waals surface area (Å²) in [5, 5.41) is 0. The standard InChI is InChI=1S/C14H13F7N2O.ClH/c1-5-6(10-11(17)7(15)3-8(16)12(10)18)2-9(22)13(24)23(5)4-14(19,20)21;/h3,5-6,9H,2,4,22H2,1H3;1H/t5-,6-,9+;/m1./s1. The molecule has 0 radical (unpaired) electrons. The molecular weight excluding hydrogens is 381 g/mol. The first-order valence-corrected chi connectivity index (χ1v) is 6.89. The molecule has 1 amide bonds. The average Bonchev–Trinajstić information content (AvgIpc) is 2.46. The van der Waals surface area contributed by atoms with Gasteiger partial charge in [-0.2, -0.15) is 13.2 Å². The van der Waals surface area contributed by atoms with Crippen LogP contribution in [-0.2, 0) is 4.79 Å². The van der Waals surface area contributed by atoms with E-state index >= 15 is 0 Å². The summed E-state index contributed by atoms with van der Waals surface area (Å²) in [5.41, 5.74) is 4.42. The lowest BCUT2D eigenvalue weighted by atomic mass is 9.81. The van der Waals surface area contributed by atoms with Crippen molar-refractivity contribution in [2.24, 2.45) is 5.73 Å². The molecule has 1 aromatic carbocycles. The molecule has 0 unspecified atom stereocenters. The minimum absolute atomic E-state index is 0. The van der Waals surface area contributed by atoms with Crippen molar-refractivity contribution >= 4 is 18.3 Å². The monoisotopic (exact) mass is 394 g/mol. The van der Waals surface area contributed by atoms with Gasteiger partial charge in [-0.25, -0.2) is 17.6 Å². The van der Waals surface area contributed by atoms with Crippen LogP contribution in [0.2, 0.25) is 0 Å². The number of hydrogen-bond donors (Lipinski definition) is 1. The molecule has 0 bridgehead atoms. The number of likely N-dealkylation sites (tertiary alicyclic amines) is 1. The number of halogens is 8. The van der Waals surface area contributed by atoms with Crippen LogP contribution in [0, 0.1) is 23.3 Å². The van der Waals surface area contributed by atoms with Gasteiger partial charge in [0.15, 0.2) is 23.3 Å². The second-order valence-corrected chi connectivity index (χ2v) is 5.65. The number of carbonyl (C=O) groups is 1. The molecule has 1 heterocycles. The molecule has 1 aromatic rings. The molecule has 11 heteroatoms. The number of rotatable bonds is 2. The number of hydrogen-bond acceptors (Lipinski definition) is 2. The van der Waals surface area contributed by atoms with Gasteiger partial charge in [0.1, 0.15) is 6.54 Å². The minimum atomic E-state index is -4.77. The number of alkyl halides is 3. The molecule has 0 aliphatic carbocycles. The van der Waals surface area contributed by atoms with Crippen LogP contribution in [0.25, 0.3) is 0 Å². The SMILES string of the molecule is C[C@@H]1[C@H](c2c(F)c(F)cc(F)c2F)C[C@H](N)C(=O)N1CC(F)(F)F.Cl. The van der Waals surface area contributed by atoms with Crippen molar-refractivity contribution in [2.45, 2.75) is 37.5 Å². The Balaban J connectivity index is 0.00000312. The van der Waals surface area contributed by atoms with Crippen LogP contribution in [-0.4, -0.2) is 35.6 Å². The van der Waals surface area contributed by atoms with Crippen LogP contribution < -0.4 is 5.73 Å². The Labute approximate surface area is 144 Å². The molecule has 1 saturated heterocycles. The molecule has 2 rings (SSSR count). The van der Waals surface area contributed by atoms with Gasteiger partial charge in [0.05, 0.1) is 6.04 Å². The van der Waals surface area contributed by atoms with Gasteiger partial charge in [-0.1, -0.05) is 0 Å². The summed E-state index contributed by atoms with van der Waals surface area (Å²) in [6.45, 7) is -0.569. The lowest BCUT2D eigenvalue weighted by Crippen LogP contribution is -2.58. The Morgan fingerprint density at radius 2 is 1.64 bits per heavy atom. The Bertz CT molecular complexity index is 641. The summed E-state index contributed by atoms with van der Waals surface area (Å²) in [6.07, 6.45) is -5.21. The molecule has 1 fully saturated rings. The highest BCUT2D eigenvalue weighted by Gasteiger charge is 2.45. The van der Waals surface area contributed by atoms with Crippen LogP contribution in [0.15, 0.2) is 6.07 Å². The van der Waals surface area contributed by atoms with Crippen molar-refractivity contribution in [3.05, 3.63) is 34.9 Å². The van der Waals surface area contributed by atoms with Crippen LogP contribution in [0.3, 0.4) is 0 Å². The van der Waals surface area contributed by atoms with Crippen molar-refractivity contribution in [2.75, 3.05) is 6.54 Å². The molecular formula is C14H14ClF7N2O. The highest BCUT2D eigenvalue weighted by Crippen LogP contribution is 2.38. The molecule has 142 valence electrons. The van der Waals surface area contributed by atoms with Gasteiger partial charge in [-0.15, -0.1) is 12.4 Å². The fraction of sp³-hybridized carbons (Fsp3) is 0.500. The summed E-state index contributed by atoms with van der Waals surface area (Å²) in [7, 11) is 0. The summed E-state index contributed by atoms with van der Waals surface area (Å²) >= 11 is 0. The summed E-state index contributed by atoms with van der Waals surface area (Å²) < 4.78 is 92.5. The maximum atomic E-state index is 13.9. The van der Waals surface area contributed by atoms with Gasteiger partial charge in [0, 0.05) is 23.6 Å². The second-order valence-electron chi connectivity index (χ2n) is 5.65. The van der Waals surface area contributed by atoms with Gasteiger partial charge in [0.25, 0.3) is 0 Å². The van der Waals surface area contributed by atoms with Crippen LogP contribution in [0.1, 0.15) is 24.8 Å². The lowest BCUT2D eigenvalue weighted by Gasteiger charge is -2.42. The first-order valence-electron chi connectivity index (χ1n) is 6.89. The van der Waals surface area contributed by atoms with E-state index in [1.54, 1.807) is 0 Å². The highest BCUT2D eigenvalue weighted by molar-refractivity contribution is 5.85. The van der Waals surface area contributed by atoms with E-state index in [0.717, 1.165) is 6.92 Å². The normalized spacial score (nSPS) is 24.3. The zero-order valence-corrected chi connectivity index (χ0v) is 13.5. The summed E-state index contributed by atoms with van der Waals surface area (Å²) in [4.78, 5) is 12.2. The van der Waals surface area contributed by atoms with E-state index in [1.165, 1.54) is 0 Å². The van der Waals surface area contributed by atoms with E-state index in [-0.39, 0.29) is 18.5 Å². The average molecular weight is 395 g/mol. The van der Waals surface area contributed by atoms with E-state index < -0.39 is 71.9 Å². The minimum Gasteiger partial charge on any atom is -0.329 e. The predicted octanol–water partition coefficient (Wildman–Crippen LogP) is 3.26. The first kappa shape index (κ1) is 21.5. The number of amides is 1. The smallest absolute Gasteiger partial charge is 0.329 e. The Morgan fingerprint density at radius 1 is 1.16 bits per heavy atom. The number of nitrogens with zero attached hydrogens (tertiary/aromatic N) is 1. The molecule has 0 aromatic heterocycles. The zero-order valence-electron chi connectivity index (χ0n) is 12.7. The number of piperidine rings is 1. The van der Waals surface area contributed by atoms with Crippen LogP contribution >= 0.6 is 12.4 Å². The quantitative estimate of drug-likeness (QED) is 0.618. The number of carbonyl (C=O) groups excluding carboxylic acids is 1. The Morgan fingerprint density at radius 3 is 2.08 bits per heavy atom. The van der Waals surface area contributed by atoms with Gasteiger partial charge < -0.3 is 10.6 Å².